The topological polar surface area (TPSA) is 55.5 Å². The molecule has 0 fully saturated rings. The molecule has 1 unspecified atom stereocenters. The van der Waals surface area contributed by atoms with Crippen LogP contribution in [0.3, 0.4) is 0 Å². The first-order valence-corrected chi connectivity index (χ1v) is 5.26. The van der Waals surface area contributed by atoms with E-state index in [1.165, 1.54) is 5.56 Å². The molecule has 0 saturated carbocycles. The first kappa shape index (κ1) is 10.5. The molecule has 1 aromatic rings. The minimum absolute atomic E-state index is 0.286. The predicted octanol–water partition coefficient (Wildman–Crippen LogP) is 1.22. The Bertz CT molecular complexity index is 359. The molecule has 1 aromatic carbocycles. The van der Waals surface area contributed by atoms with Crippen molar-refractivity contribution in [3.63, 3.8) is 0 Å². The molecule has 15 heavy (non-hydrogen) atoms. The number of phenols is 1. The summed E-state index contributed by atoms with van der Waals surface area (Å²) in [4.78, 5) is 0. The zero-order valence-electron chi connectivity index (χ0n) is 8.99. The van der Waals surface area contributed by atoms with E-state index in [0.717, 1.165) is 18.4 Å². The first-order chi connectivity index (χ1) is 7.21. The lowest BCUT2D eigenvalue weighted by atomic mass is 9.80. The fourth-order valence-corrected chi connectivity index (χ4v) is 2.26. The lowest BCUT2D eigenvalue weighted by Gasteiger charge is -2.36. The van der Waals surface area contributed by atoms with Gasteiger partial charge in [-0.1, -0.05) is 12.1 Å². The van der Waals surface area contributed by atoms with Crippen molar-refractivity contribution in [1.29, 1.82) is 0 Å². The number of hydrogen-bond donors (Lipinski definition) is 2. The van der Waals surface area contributed by atoms with Crippen molar-refractivity contribution in [2.45, 2.75) is 24.9 Å². The Balaban J connectivity index is 2.36. The summed E-state index contributed by atoms with van der Waals surface area (Å²) in [7, 11) is 1.69. The van der Waals surface area contributed by atoms with E-state index in [4.69, 9.17) is 10.5 Å². The Morgan fingerprint density at radius 1 is 1.53 bits per heavy atom. The molecular weight excluding hydrogens is 190 g/mol. The van der Waals surface area contributed by atoms with E-state index in [0.29, 0.717) is 18.7 Å². The van der Waals surface area contributed by atoms with Crippen LogP contribution in [0.15, 0.2) is 18.2 Å². The highest BCUT2D eigenvalue weighted by molar-refractivity contribution is 5.42. The van der Waals surface area contributed by atoms with Crippen LogP contribution in [-0.2, 0) is 17.6 Å². The number of nitrogens with two attached hydrogens (primary N) is 1. The van der Waals surface area contributed by atoms with Crippen LogP contribution in [0.1, 0.15) is 17.5 Å². The summed E-state index contributed by atoms with van der Waals surface area (Å²) < 4.78 is 5.50. The number of methoxy groups -OCH3 is 1. The number of rotatable bonds is 2. The molecule has 1 atom stereocenters. The normalized spacial score (nSPS) is 24.9. The van der Waals surface area contributed by atoms with Crippen molar-refractivity contribution in [2.75, 3.05) is 13.7 Å². The van der Waals surface area contributed by atoms with Crippen LogP contribution >= 0.6 is 0 Å². The van der Waals surface area contributed by atoms with Crippen molar-refractivity contribution in [3.8, 4) is 5.75 Å². The Labute approximate surface area is 89.9 Å². The summed E-state index contributed by atoms with van der Waals surface area (Å²) in [5.41, 5.74) is 7.68. The van der Waals surface area contributed by atoms with Crippen LogP contribution in [0.25, 0.3) is 0 Å². The van der Waals surface area contributed by atoms with Gasteiger partial charge < -0.3 is 15.6 Å². The maximum atomic E-state index is 9.78. The summed E-state index contributed by atoms with van der Waals surface area (Å²) in [6.07, 6.45) is 2.56. The van der Waals surface area contributed by atoms with E-state index in [2.05, 4.69) is 6.07 Å². The molecule has 0 bridgehead atoms. The number of fused-ring (bicyclic) bond motifs is 1. The molecule has 2 rings (SSSR count). The van der Waals surface area contributed by atoms with E-state index >= 15 is 0 Å². The van der Waals surface area contributed by atoms with Gasteiger partial charge in [0.1, 0.15) is 5.75 Å². The fraction of sp³-hybridized carbons (Fsp3) is 0.500. The molecule has 3 N–H and O–H groups in total. The second-order valence-corrected chi connectivity index (χ2v) is 4.18. The van der Waals surface area contributed by atoms with Gasteiger partial charge in [0, 0.05) is 20.1 Å². The van der Waals surface area contributed by atoms with Crippen LogP contribution in [0.5, 0.6) is 5.75 Å². The quantitative estimate of drug-likeness (QED) is 0.766. The third-order valence-electron chi connectivity index (χ3n) is 3.40. The number of hydrogen-bond acceptors (Lipinski definition) is 3. The fourth-order valence-electron chi connectivity index (χ4n) is 2.26. The molecule has 0 spiro atoms. The smallest absolute Gasteiger partial charge is 0.119 e. The average Bonchev–Trinajstić information content (AvgIpc) is 2.29. The highest BCUT2D eigenvalue weighted by Gasteiger charge is 2.34. The van der Waals surface area contributed by atoms with Crippen LogP contribution in [0, 0.1) is 0 Å². The number of aromatic hydroxyl groups is 1. The van der Waals surface area contributed by atoms with Crippen LogP contribution < -0.4 is 5.73 Å². The Morgan fingerprint density at radius 3 is 3.00 bits per heavy atom. The zero-order valence-corrected chi connectivity index (χ0v) is 8.99. The Morgan fingerprint density at radius 2 is 2.33 bits per heavy atom. The number of benzene rings is 1. The minimum Gasteiger partial charge on any atom is -0.508 e. The van der Waals surface area contributed by atoms with Crippen LogP contribution in [0.2, 0.25) is 0 Å². The standard InChI is InChI=1S/C12H17NO2/c1-15-12(8-13)6-5-9-3-2-4-11(14)10(9)7-12/h2-4,14H,5-8,13H2,1H3. The van der Waals surface area contributed by atoms with Gasteiger partial charge in [-0.3, -0.25) is 0 Å². The van der Waals surface area contributed by atoms with Gasteiger partial charge >= 0.3 is 0 Å². The molecular formula is C12H17NO2. The van der Waals surface area contributed by atoms with E-state index in [-0.39, 0.29) is 5.60 Å². The molecule has 1 aliphatic carbocycles. The Hall–Kier alpha value is -1.06. The zero-order chi connectivity index (χ0) is 10.9. The van der Waals surface area contributed by atoms with Gasteiger partial charge in [-0.25, -0.2) is 0 Å². The summed E-state index contributed by atoms with van der Waals surface area (Å²) in [6.45, 7) is 0.497. The highest BCUT2D eigenvalue weighted by atomic mass is 16.5. The van der Waals surface area contributed by atoms with Gasteiger partial charge in [-0.15, -0.1) is 0 Å². The summed E-state index contributed by atoms with van der Waals surface area (Å²) in [5.74, 6) is 0.363. The second-order valence-electron chi connectivity index (χ2n) is 4.18. The second kappa shape index (κ2) is 3.83. The molecule has 0 amide bonds. The minimum atomic E-state index is -0.286. The van der Waals surface area contributed by atoms with E-state index in [9.17, 15) is 5.11 Å². The van der Waals surface area contributed by atoms with Crippen LogP contribution in [0.4, 0.5) is 0 Å². The number of aryl methyl sites for hydroxylation is 1. The van der Waals surface area contributed by atoms with Gasteiger partial charge in [0.05, 0.1) is 5.60 Å². The monoisotopic (exact) mass is 207 g/mol. The van der Waals surface area contributed by atoms with Crippen molar-refractivity contribution >= 4 is 0 Å². The lowest BCUT2D eigenvalue weighted by Crippen LogP contribution is -2.44. The maximum absolute atomic E-state index is 9.78. The average molecular weight is 207 g/mol. The third kappa shape index (κ3) is 1.73. The van der Waals surface area contributed by atoms with Gasteiger partial charge in [0.15, 0.2) is 0 Å². The summed E-state index contributed by atoms with van der Waals surface area (Å²) >= 11 is 0. The van der Waals surface area contributed by atoms with E-state index in [1.807, 2.05) is 6.07 Å². The van der Waals surface area contributed by atoms with E-state index in [1.54, 1.807) is 13.2 Å². The molecule has 0 aromatic heterocycles. The first-order valence-electron chi connectivity index (χ1n) is 5.26. The lowest BCUT2D eigenvalue weighted by molar-refractivity contribution is -0.0139. The summed E-state index contributed by atoms with van der Waals surface area (Å²) in [5, 5.41) is 9.78. The Kier molecular flexibility index (Phi) is 2.67. The maximum Gasteiger partial charge on any atom is 0.119 e. The number of ether oxygens (including phenoxy) is 1. The van der Waals surface area contributed by atoms with Crippen molar-refractivity contribution in [1.82, 2.24) is 0 Å². The van der Waals surface area contributed by atoms with Crippen molar-refractivity contribution in [2.24, 2.45) is 5.73 Å². The van der Waals surface area contributed by atoms with Gasteiger partial charge in [-0.2, -0.15) is 0 Å². The van der Waals surface area contributed by atoms with Crippen LogP contribution in [-0.4, -0.2) is 24.4 Å². The summed E-state index contributed by atoms with van der Waals surface area (Å²) in [6, 6.07) is 5.67. The largest absolute Gasteiger partial charge is 0.508 e. The molecule has 0 radical (unpaired) electrons. The molecule has 3 heteroatoms. The van der Waals surface area contributed by atoms with Gasteiger partial charge in [0.2, 0.25) is 0 Å². The van der Waals surface area contributed by atoms with Gasteiger partial charge in [0.25, 0.3) is 0 Å². The van der Waals surface area contributed by atoms with E-state index < -0.39 is 0 Å². The SMILES string of the molecule is COC1(CN)CCc2cccc(O)c2C1. The molecule has 1 aliphatic rings. The molecule has 0 saturated heterocycles. The molecule has 3 nitrogen and oxygen atoms in total. The van der Waals surface area contributed by atoms with Crippen molar-refractivity contribution in [3.05, 3.63) is 29.3 Å². The predicted molar refractivity (Wildman–Crippen MR) is 58.9 cm³/mol. The molecule has 82 valence electrons. The molecule has 0 heterocycles. The van der Waals surface area contributed by atoms with Crippen molar-refractivity contribution < 1.29 is 9.84 Å². The third-order valence-corrected chi connectivity index (χ3v) is 3.40. The van der Waals surface area contributed by atoms with Gasteiger partial charge in [-0.05, 0) is 30.0 Å². The number of phenolic OH excluding ortho intramolecular Hbond substituents is 1. The highest BCUT2D eigenvalue weighted by Crippen LogP contribution is 2.34. The molecule has 0 aliphatic heterocycles.